The number of benzene rings is 3. The van der Waals surface area contributed by atoms with Gasteiger partial charge in [-0.15, -0.1) is 0 Å². The maximum atomic E-state index is 5.43. The molecule has 0 spiro atoms. The molecule has 5 rings (SSSR count). The van der Waals surface area contributed by atoms with Gasteiger partial charge in [-0.3, -0.25) is 0 Å². The molecule has 2 heterocycles. The fraction of sp³-hybridized carbons (Fsp3) is 0.0690. The van der Waals surface area contributed by atoms with E-state index in [1.807, 2.05) is 91.1 Å². The largest absolute Gasteiger partial charge is 0.378 e. The van der Waals surface area contributed by atoms with Crippen molar-refractivity contribution in [3.05, 3.63) is 115 Å². The van der Waals surface area contributed by atoms with Gasteiger partial charge in [-0.25, -0.2) is 8.96 Å². The van der Waals surface area contributed by atoms with Crippen molar-refractivity contribution in [2.45, 2.75) is 0 Å². The summed E-state index contributed by atoms with van der Waals surface area (Å²) in [5.41, 5.74) is 5.82. The minimum atomic E-state index is 0.622. The van der Waals surface area contributed by atoms with E-state index in [0.717, 1.165) is 51.2 Å². The van der Waals surface area contributed by atoms with E-state index in [1.165, 1.54) is 0 Å². The Labute approximate surface area is 209 Å². The maximum absolute atomic E-state index is 5.43. The second-order valence-electron chi connectivity index (χ2n) is 8.06. The quantitative estimate of drug-likeness (QED) is 0.119. The Hall–Kier alpha value is -4.18. The third-order valence-electron chi connectivity index (χ3n) is 5.43. The van der Waals surface area contributed by atoms with Gasteiger partial charge in [-0.05, 0) is 48.0 Å². The van der Waals surface area contributed by atoms with Crippen molar-refractivity contribution in [2.24, 2.45) is 0 Å². The number of hydrogen-bond donors (Lipinski definition) is 0. The van der Waals surface area contributed by atoms with Crippen molar-refractivity contribution in [1.82, 2.24) is 8.96 Å². The monoisotopic (exact) mass is 477 g/mol. The standard InChI is InChI=1S/C29H23N3O2S/c1-31(2)26-17-15-23(16-18-26)25-19-28-24(14-13-22-9-5-3-6-10-22)21-32(29(28)30-20-25)35-34-33-27-11-7-4-8-12-27/h3-12,15-21H,1-2H3. The van der Waals surface area contributed by atoms with E-state index in [4.69, 9.17) is 14.2 Å². The third kappa shape index (κ3) is 5.33. The van der Waals surface area contributed by atoms with Crippen LogP contribution in [0.1, 0.15) is 11.1 Å². The minimum Gasteiger partial charge on any atom is -0.378 e. The molecule has 0 aliphatic carbocycles. The lowest BCUT2D eigenvalue weighted by atomic mass is 10.0. The molecule has 0 N–H and O–H groups in total. The average Bonchev–Trinajstić information content (AvgIpc) is 3.25. The summed E-state index contributed by atoms with van der Waals surface area (Å²) in [6.45, 7) is 0. The van der Waals surface area contributed by atoms with Crippen molar-refractivity contribution in [2.75, 3.05) is 19.0 Å². The highest BCUT2D eigenvalue weighted by molar-refractivity contribution is 7.93. The molecule has 3 aromatic carbocycles. The van der Waals surface area contributed by atoms with Crippen molar-refractivity contribution < 1.29 is 9.22 Å². The summed E-state index contributed by atoms with van der Waals surface area (Å²) in [4.78, 5) is 12.2. The second kappa shape index (κ2) is 10.4. The van der Waals surface area contributed by atoms with Gasteiger partial charge >= 0.3 is 0 Å². The Morgan fingerprint density at radius 2 is 1.54 bits per heavy atom. The Bertz CT molecular complexity index is 1490. The molecule has 0 radical (unpaired) electrons. The summed E-state index contributed by atoms with van der Waals surface area (Å²) in [6.07, 6.45) is 3.79. The number of rotatable bonds is 6. The van der Waals surface area contributed by atoms with Crippen LogP contribution < -0.4 is 9.79 Å². The molecular formula is C29H23N3O2S. The highest BCUT2D eigenvalue weighted by Crippen LogP contribution is 2.30. The van der Waals surface area contributed by atoms with Crippen LogP contribution in [0.15, 0.2) is 103 Å². The number of aromatic nitrogens is 2. The molecule has 0 saturated carbocycles. The van der Waals surface area contributed by atoms with E-state index in [2.05, 4.69) is 47.1 Å². The first kappa shape index (κ1) is 22.6. The first-order chi connectivity index (χ1) is 17.2. The number of para-hydroxylation sites is 1. The van der Waals surface area contributed by atoms with Gasteiger partial charge in [0.25, 0.3) is 0 Å². The molecule has 0 fully saturated rings. The molecule has 35 heavy (non-hydrogen) atoms. The van der Waals surface area contributed by atoms with Gasteiger partial charge in [0.05, 0.1) is 5.56 Å². The van der Waals surface area contributed by atoms with Crippen molar-refractivity contribution in [3.63, 3.8) is 0 Å². The summed E-state index contributed by atoms with van der Waals surface area (Å²) in [5, 5.41) is 0.943. The van der Waals surface area contributed by atoms with Crippen LogP contribution in [0.4, 0.5) is 5.69 Å². The van der Waals surface area contributed by atoms with E-state index in [1.54, 1.807) is 0 Å². The molecule has 0 aliphatic rings. The van der Waals surface area contributed by atoms with Gasteiger partial charge in [0.1, 0.15) is 0 Å². The number of hydrogen-bond acceptors (Lipinski definition) is 5. The molecule has 0 atom stereocenters. The zero-order valence-corrected chi connectivity index (χ0v) is 20.2. The lowest BCUT2D eigenvalue weighted by Crippen LogP contribution is -2.07. The smallest absolute Gasteiger partial charge is 0.170 e. The summed E-state index contributed by atoms with van der Waals surface area (Å²) in [6, 6.07) is 29.8. The normalized spacial score (nSPS) is 10.6. The van der Waals surface area contributed by atoms with Gasteiger partial charge in [-0.2, -0.15) is 0 Å². The molecular weight excluding hydrogens is 454 g/mol. The molecule has 0 bridgehead atoms. The maximum Gasteiger partial charge on any atom is 0.170 e. The first-order valence-corrected chi connectivity index (χ1v) is 11.8. The fourth-order valence-electron chi connectivity index (χ4n) is 3.57. The lowest BCUT2D eigenvalue weighted by Gasteiger charge is -2.12. The van der Waals surface area contributed by atoms with E-state index in [-0.39, 0.29) is 0 Å². The highest BCUT2D eigenvalue weighted by Gasteiger charge is 2.12. The van der Waals surface area contributed by atoms with Crippen LogP contribution in [-0.4, -0.2) is 23.1 Å². The van der Waals surface area contributed by atoms with Gasteiger partial charge in [-0.1, -0.05) is 64.7 Å². The van der Waals surface area contributed by atoms with Gasteiger partial charge < -0.3 is 9.79 Å². The van der Waals surface area contributed by atoms with Crippen LogP contribution >= 0.6 is 12.2 Å². The number of pyridine rings is 1. The van der Waals surface area contributed by atoms with Gasteiger partial charge in [0, 0.05) is 48.7 Å². The number of nitrogens with zero attached hydrogens (tertiary/aromatic N) is 3. The Morgan fingerprint density at radius 1 is 0.829 bits per heavy atom. The third-order valence-corrected chi connectivity index (χ3v) is 6.00. The van der Waals surface area contributed by atoms with Crippen LogP contribution in [0.3, 0.4) is 0 Å². The SMILES string of the molecule is CN(C)c1ccc(-c2cnc3c(c2)c(C#Cc2ccccc2)cn3SOOc2ccccc2)cc1. The molecule has 0 aliphatic heterocycles. The fourth-order valence-corrected chi connectivity index (χ4v) is 4.11. The predicted octanol–water partition coefficient (Wildman–Crippen LogP) is 6.59. The number of anilines is 1. The van der Waals surface area contributed by atoms with E-state index in [9.17, 15) is 0 Å². The topological polar surface area (TPSA) is 39.5 Å². The summed E-state index contributed by atoms with van der Waals surface area (Å²) in [7, 11) is 4.06. The molecule has 0 saturated heterocycles. The zero-order valence-electron chi connectivity index (χ0n) is 19.4. The summed E-state index contributed by atoms with van der Waals surface area (Å²) < 4.78 is 7.25. The molecule has 6 heteroatoms. The molecule has 5 aromatic rings. The van der Waals surface area contributed by atoms with E-state index in [0.29, 0.717) is 5.75 Å². The summed E-state index contributed by atoms with van der Waals surface area (Å²) in [5.74, 6) is 7.18. The van der Waals surface area contributed by atoms with Crippen LogP contribution in [0.25, 0.3) is 22.2 Å². The first-order valence-electron chi connectivity index (χ1n) is 11.1. The molecule has 0 amide bonds. The Morgan fingerprint density at radius 3 is 2.26 bits per heavy atom. The summed E-state index contributed by atoms with van der Waals surface area (Å²) >= 11 is 1.05. The Balaban J connectivity index is 1.49. The van der Waals surface area contributed by atoms with Crippen molar-refractivity contribution >= 4 is 28.9 Å². The van der Waals surface area contributed by atoms with Crippen molar-refractivity contribution in [1.29, 1.82) is 0 Å². The zero-order chi connectivity index (χ0) is 24.0. The van der Waals surface area contributed by atoms with E-state index >= 15 is 0 Å². The molecule has 5 nitrogen and oxygen atoms in total. The van der Waals surface area contributed by atoms with E-state index < -0.39 is 0 Å². The second-order valence-corrected chi connectivity index (χ2v) is 8.74. The van der Waals surface area contributed by atoms with Gasteiger partial charge in [0.2, 0.25) is 0 Å². The average molecular weight is 478 g/mol. The van der Waals surface area contributed by atoms with Crippen LogP contribution in [0.2, 0.25) is 0 Å². The lowest BCUT2D eigenvalue weighted by molar-refractivity contribution is -0.0785. The molecule has 0 unspecified atom stereocenters. The van der Waals surface area contributed by atoms with Gasteiger partial charge in [0.15, 0.2) is 23.6 Å². The molecule has 172 valence electrons. The van der Waals surface area contributed by atoms with Crippen LogP contribution in [0.5, 0.6) is 5.75 Å². The van der Waals surface area contributed by atoms with Crippen molar-refractivity contribution in [3.8, 4) is 28.7 Å². The number of fused-ring (bicyclic) bond motifs is 1. The Kier molecular flexibility index (Phi) is 6.71. The highest BCUT2D eigenvalue weighted by atomic mass is 32.2. The molecule has 2 aromatic heterocycles. The van der Waals surface area contributed by atoms with Crippen LogP contribution in [0, 0.1) is 11.8 Å². The predicted molar refractivity (Wildman–Crippen MR) is 143 cm³/mol. The minimum absolute atomic E-state index is 0.622. The van der Waals surface area contributed by atoms with Crippen LogP contribution in [-0.2, 0) is 4.33 Å².